The lowest BCUT2D eigenvalue weighted by atomic mass is 10.0. The number of ether oxygens (including phenoxy) is 3. The first-order valence-electron chi connectivity index (χ1n) is 11.4. The molecule has 1 fully saturated rings. The lowest BCUT2D eigenvalue weighted by Gasteiger charge is -2.29. The van der Waals surface area contributed by atoms with E-state index in [4.69, 9.17) is 19.2 Å². The van der Waals surface area contributed by atoms with E-state index in [0.717, 1.165) is 77.9 Å². The second-order valence-electron chi connectivity index (χ2n) is 8.47. The number of allylic oxidation sites excluding steroid dienone is 1. The minimum atomic E-state index is -0.0333. The van der Waals surface area contributed by atoms with E-state index in [2.05, 4.69) is 17.0 Å². The van der Waals surface area contributed by atoms with Crippen LogP contribution in [0.25, 0.3) is 5.57 Å². The second-order valence-corrected chi connectivity index (χ2v) is 8.47. The van der Waals surface area contributed by atoms with Gasteiger partial charge in [-0.25, -0.2) is 0 Å². The maximum atomic E-state index is 13.0. The van der Waals surface area contributed by atoms with Crippen molar-refractivity contribution in [1.29, 1.82) is 0 Å². The van der Waals surface area contributed by atoms with Crippen LogP contribution in [0.15, 0.2) is 59.7 Å². The highest BCUT2D eigenvalue weighted by Crippen LogP contribution is 2.34. The van der Waals surface area contributed by atoms with Crippen molar-refractivity contribution in [3.63, 3.8) is 0 Å². The van der Waals surface area contributed by atoms with Gasteiger partial charge in [-0.1, -0.05) is 12.1 Å². The Morgan fingerprint density at radius 2 is 1.79 bits per heavy atom. The van der Waals surface area contributed by atoms with Gasteiger partial charge in [0.05, 0.1) is 37.3 Å². The Hall–Kier alpha value is -3.58. The van der Waals surface area contributed by atoms with Gasteiger partial charge in [-0.15, -0.1) is 0 Å². The van der Waals surface area contributed by atoms with Crippen molar-refractivity contribution in [3.05, 3.63) is 87.6 Å². The fraction of sp³-hybridized carbons (Fsp3) is 0.308. The van der Waals surface area contributed by atoms with E-state index in [1.165, 1.54) is 0 Å². The van der Waals surface area contributed by atoms with Gasteiger partial charge in [0.25, 0.3) is 5.56 Å². The van der Waals surface area contributed by atoms with Gasteiger partial charge in [0, 0.05) is 37.3 Å². The molecule has 4 heterocycles. The number of aromatic nitrogens is 2. The van der Waals surface area contributed by atoms with Gasteiger partial charge < -0.3 is 23.7 Å². The molecule has 0 spiro atoms. The van der Waals surface area contributed by atoms with Crippen LogP contribution in [0.3, 0.4) is 0 Å². The number of anilines is 1. The molecule has 2 aromatic heterocycles. The first kappa shape index (κ1) is 20.1. The zero-order valence-corrected chi connectivity index (χ0v) is 18.3. The number of hydrogen-bond donors (Lipinski definition) is 0. The summed E-state index contributed by atoms with van der Waals surface area (Å²) >= 11 is 0. The zero-order chi connectivity index (χ0) is 22.2. The zero-order valence-electron chi connectivity index (χ0n) is 18.3. The Labute approximate surface area is 191 Å². The number of morpholine rings is 1. The fourth-order valence-electron chi connectivity index (χ4n) is 4.64. The van der Waals surface area contributed by atoms with Crippen molar-refractivity contribution in [2.75, 3.05) is 44.4 Å². The molecule has 3 aliphatic rings. The summed E-state index contributed by atoms with van der Waals surface area (Å²) < 4.78 is 18.4. The molecule has 3 aromatic rings. The third-order valence-electron chi connectivity index (χ3n) is 6.39. The number of hydrogen-bond acceptors (Lipinski definition) is 6. The Bertz CT molecular complexity index is 1290. The van der Waals surface area contributed by atoms with E-state index in [0.29, 0.717) is 19.8 Å². The summed E-state index contributed by atoms with van der Waals surface area (Å²) in [6.45, 7) is 4.81. The molecule has 168 valence electrons. The summed E-state index contributed by atoms with van der Waals surface area (Å²) in [6.07, 6.45) is 6.77. The molecule has 7 nitrogen and oxygen atoms in total. The molecule has 0 saturated carbocycles. The average molecular weight is 444 g/mol. The lowest BCUT2D eigenvalue weighted by molar-refractivity contribution is 0.122. The topological polar surface area (TPSA) is 65.8 Å². The van der Waals surface area contributed by atoms with E-state index in [1.807, 2.05) is 36.7 Å². The molecule has 0 atom stereocenters. The number of pyridine rings is 2. The molecule has 1 saturated heterocycles. The largest absolute Gasteiger partial charge is 0.486 e. The third-order valence-corrected chi connectivity index (χ3v) is 6.39. The second kappa shape index (κ2) is 8.41. The number of benzene rings is 1. The summed E-state index contributed by atoms with van der Waals surface area (Å²) in [5, 5.41) is 0. The molecule has 0 N–H and O–H groups in total. The molecule has 2 aliphatic heterocycles. The summed E-state index contributed by atoms with van der Waals surface area (Å²) in [5.41, 5.74) is 6.25. The number of rotatable bonds is 4. The Kier molecular flexibility index (Phi) is 5.11. The van der Waals surface area contributed by atoms with Crippen LogP contribution in [0.1, 0.15) is 22.4 Å². The lowest BCUT2D eigenvalue weighted by Crippen LogP contribution is -2.36. The van der Waals surface area contributed by atoms with Crippen molar-refractivity contribution in [1.82, 2.24) is 9.55 Å². The molecule has 0 bridgehead atoms. The predicted molar refractivity (Wildman–Crippen MR) is 125 cm³/mol. The first-order chi connectivity index (χ1) is 16.2. The van der Waals surface area contributed by atoms with Crippen LogP contribution in [0.4, 0.5) is 5.69 Å². The van der Waals surface area contributed by atoms with Crippen LogP contribution < -0.4 is 19.9 Å². The van der Waals surface area contributed by atoms with Crippen LogP contribution in [-0.4, -0.2) is 49.1 Å². The standard InChI is InChI=1S/C26H25N3O4/c30-26-14-19(5-6-29(26)17-18-1-4-24-25(13-18)33-12-11-32-24)21-2-3-23-22(21)15-20(16-27-23)28-7-9-31-10-8-28/h1-2,4-6,13-16H,3,7-12,17H2. The van der Waals surface area contributed by atoms with Gasteiger partial charge in [0.15, 0.2) is 11.5 Å². The van der Waals surface area contributed by atoms with Gasteiger partial charge >= 0.3 is 0 Å². The molecule has 0 amide bonds. The fourth-order valence-corrected chi connectivity index (χ4v) is 4.64. The van der Waals surface area contributed by atoms with Gasteiger partial charge in [-0.3, -0.25) is 9.78 Å². The molecule has 1 aliphatic carbocycles. The van der Waals surface area contributed by atoms with Crippen LogP contribution in [-0.2, 0) is 17.7 Å². The van der Waals surface area contributed by atoms with Gasteiger partial charge in [-0.2, -0.15) is 0 Å². The van der Waals surface area contributed by atoms with Crippen molar-refractivity contribution in [2.45, 2.75) is 13.0 Å². The molecule has 6 rings (SSSR count). The highest BCUT2D eigenvalue weighted by Gasteiger charge is 2.21. The van der Waals surface area contributed by atoms with Gasteiger partial charge in [-0.05, 0) is 41.0 Å². The first-order valence-corrected chi connectivity index (χ1v) is 11.4. The Morgan fingerprint density at radius 1 is 0.939 bits per heavy atom. The van der Waals surface area contributed by atoms with E-state index in [9.17, 15) is 4.79 Å². The van der Waals surface area contributed by atoms with E-state index in [-0.39, 0.29) is 5.56 Å². The number of fused-ring (bicyclic) bond motifs is 2. The molecule has 0 unspecified atom stereocenters. The predicted octanol–water partition coefficient (Wildman–Crippen LogP) is 2.89. The minimum Gasteiger partial charge on any atom is -0.486 e. The van der Waals surface area contributed by atoms with E-state index >= 15 is 0 Å². The van der Waals surface area contributed by atoms with Crippen molar-refractivity contribution < 1.29 is 14.2 Å². The summed E-state index contributed by atoms with van der Waals surface area (Å²) in [5.74, 6) is 1.49. The molecule has 1 aromatic carbocycles. The van der Waals surface area contributed by atoms with Crippen LogP contribution in [0, 0.1) is 0 Å². The van der Waals surface area contributed by atoms with Crippen LogP contribution in [0.5, 0.6) is 11.5 Å². The highest BCUT2D eigenvalue weighted by atomic mass is 16.6. The van der Waals surface area contributed by atoms with E-state index < -0.39 is 0 Å². The SMILES string of the molecule is O=c1cc(C2=CCc3ncc(N4CCOCC4)cc32)ccn1Cc1ccc2c(c1)OCCO2. The van der Waals surface area contributed by atoms with Crippen molar-refractivity contribution >= 4 is 11.3 Å². The highest BCUT2D eigenvalue weighted by molar-refractivity contribution is 5.85. The monoisotopic (exact) mass is 443 g/mol. The maximum Gasteiger partial charge on any atom is 0.251 e. The normalized spacial score (nSPS) is 17.0. The van der Waals surface area contributed by atoms with Crippen molar-refractivity contribution in [2.24, 2.45) is 0 Å². The van der Waals surface area contributed by atoms with Crippen LogP contribution in [0.2, 0.25) is 0 Å². The smallest absolute Gasteiger partial charge is 0.251 e. The Balaban J connectivity index is 1.25. The molecule has 0 radical (unpaired) electrons. The quantitative estimate of drug-likeness (QED) is 0.618. The minimum absolute atomic E-state index is 0.0333. The molecular formula is C26H25N3O4. The average Bonchev–Trinajstić information content (AvgIpc) is 3.29. The molecule has 7 heteroatoms. The van der Waals surface area contributed by atoms with Crippen molar-refractivity contribution in [3.8, 4) is 11.5 Å². The summed E-state index contributed by atoms with van der Waals surface area (Å²) in [6, 6.07) is 11.8. The number of nitrogens with zero attached hydrogens (tertiary/aromatic N) is 3. The van der Waals surface area contributed by atoms with Gasteiger partial charge in [0.1, 0.15) is 13.2 Å². The summed E-state index contributed by atoms with van der Waals surface area (Å²) in [7, 11) is 0. The van der Waals surface area contributed by atoms with E-state index in [1.54, 1.807) is 10.6 Å². The molecular weight excluding hydrogens is 418 g/mol. The molecule has 33 heavy (non-hydrogen) atoms. The third kappa shape index (κ3) is 3.89. The van der Waals surface area contributed by atoms with Crippen LogP contribution >= 0.6 is 0 Å². The van der Waals surface area contributed by atoms with Gasteiger partial charge in [0.2, 0.25) is 0 Å². The Morgan fingerprint density at radius 3 is 2.64 bits per heavy atom. The maximum absolute atomic E-state index is 13.0. The summed E-state index contributed by atoms with van der Waals surface area (Å²) in [4.78, 5) is 20.0.